The summed E-state index contributed by atoms with van der Waals surface area (Å²) in [4.78, 5) is 24.0. The van der Waals surface area contributed by atoms with E-state index >= 15 is 0 Å². The van der Waals surface area contributed by atoms with Gasteiger partial charge in [0.25, 0.3) is 5.69 Å². The normalized spacial score (nSPS) is 10.3. The molecule has 0 unspecified atom stereocenters. The van der Waals surface area contributed by atoms with Gasteiger partial charge in [-0.15, -0.1) is 10.2 Å². The summed E-state index contributed by atoms with van der Waals surface area (Å²) in [6.07, 6.45) is 0. The quantitative estimate of drug-likeness (QED) is 0.405. The van der Waals surface area contributed by atoms with Crippen LogP contribution in [-0.2, 0) is 4.79 Å². The molecule has 0 saturated heterocycles. The van der Waals surface area contributed by atoms with Crippen LogP contribution >= 0.6 is 0 Å². The Balaban J connectivity index is 2.56. The Morgan fingerprint density at radius 2 is 1.73 bits per heavy atom. The highest BCUT2D eigenvalue weighted by Crippen LogP contribution is 2.34. The number of hydrogen-bond donors (Lipinski definition) is 1. The lowest BCUT2D eigenvalue weighted by Crippen LogP contribution is -2.21. The zero-order chi connectivity index (χ0) is 22.3. The molecular weight excluding hydrogens is 386 g/mol. The van der Waals surface area contributed by atoms with Gasteiger partial charge in [0.2, 0.25) is 5.91 Å². The fourth-order valence-corrected chi connectivity index (χ4v) is 2.79. The number of nitrogens with zero attached hydrogens (tertiary/aromatic N) is 6. The van der Waals surface area contributed by atoms with E-state index in [1.54, 1.807) is 24.3 Å². The van der Waals surface area contributed by atoms with Gasteiger partial charge in [-0.2, -0.15) is 10.5 Å². The highest BCUT2D eigenvalue weighted by molar-refractivity contribution is 5.93. The van der Waals surface area contributed by atoms with Gasteiger partial charge in [0.05, 0.1) is 21.7 Å². The van der Waals surface area contributed by atoms with Crippen molar-refractivity contribution in [3.05, 3.63) is 51.6 Å². The van der Waals surface area contributed by atoms with Gasteiger partial charge >= 0.3 is 0 Å². The summed E-state index contributed by atoms with van der Waals surface area (Å²) >= 11 is 0. The second kappa shape index (κ2) is 9.75. The van der Waals surface area contributed by atoms with E-state index in [-0.39, 0.29) is 28.4 Å². The second-order valence-corrected chi connectivity index (χ2v) is 6.13. The SMILES string of the molecule is CCN(CC)c1ccc(/N=N/c2c(C#N)cc([N+](=O)[O-])cc2C#N)c(NC(C)=O)c1. The zero-order valence-corrected chi connectivity index (χ0v) is 16.7. The first-order valence-electron chi connectivity index (χ1n) is 9.05. The average molecular weight is 405 g/mol. The Labute approximate surface area is 173 Å². The van der Waals surface area contributed by atoms with E-state index in [9.17, 15) is 25.4 Å². The van der Waals surface area contributed by atoms with Gasteiger partial charge in [0.1, 0.15) is 23.5 Å². The first kappa shape index (κ1) is 22.0. The number of azo groups is 1. The summed E-state index contributed by atoms with van der Waals surface area (Å²) in [5.41, 5.74) is 0.850. The van der Waals surface area contributed by atoms with Crippen molar-refractivity contribution in [3.63, 3.8) is 0 Å². The van der Waals surface area contributed by atoms with Gasteiger partial charge in [-0.3, -0.25) is 14.9 Å². The summed E-state index contributed by atoms with van der Waals surface area (Å²) < 4.78 is 0. The molecule has 0 spiro atoms. The molecule has 0 atom stereocenters. The van der Waals surface area contributed by atoms with Crippen LogP contribution in [0, 0.1) is 32.8 Å². The monoisotopic (exact) mass is 405 g/mol. The maximum absolute atomic E-state index is 11.6. The molecule has 2 aromatic rings. The molecule has 1 amide bonds. The van der Waals surface area contributed by atoms with Crippen LogP contribution in [-0.4, -0.2) is 23.9 Å². The van der Waals surface area contributed by atoms with Crippen LogP contribution in [0.15, 0.2) is 40.6 Å². The largest absolute Gasteiger partial charge is 0.372 e. The van der Waals surface area contributed by atoms with Crippen LogP contribution in [0.1, 0.15) is 31.9 Å². The second-order valence-electron chi connectivity index (χ2n) is 6.13. The van der Waals surface area contributed by atoms with Crippen molar-refractivity contribution in [1.82, 2.24) is 0 Å². The maximum atomic E-state index is 11.6. The van der Waals surface area contributed by atoms with Crippen molar-refractivity contribution >= 4 is 34.3 Å². The van der Waals surface area contributed by atoms with E-state index in [2.05, 4.69) is 20.4 Å². The molecule has 0 fully saturated rings. The Hall–Kier alpha value is -4.31. The van der Waals surface area contributed by atoms with Gasteiger partial charge in [-0.1, -0.05) is 0 Å². The van der Waals surface area contributed by atoms with E-state index < -0.39 is 4.92 Å². The molecule has 0 heterocycles. The highest BCUT2D eigenvalue weighted by Gasteiger charge is 2.17. The molecule has 152 valence electrons. The molecule has 0 radical (unpaired) electrons. The number of non-ortho nitro benzene ring substituents is 1. The molecule has 2 rings (SSSR count). The molecule has 0 aliphatic carbocycles. The lowest BCUT2D eigenvalue weighted by molar-refractivity contribution is -0.384. The molecule has 0 aromatic heterocycles. The molecule has 10 heteroatoms. The Kier molecular flexibility index (Phi) is 7.15. The van der Waals surface area contributed by atoms with Crippen molar-refractivity contribution in [2.24, 2.45) is 10.2 Å². The Bertz CT molecular complexity index is 1060. The number of nitro benzene ring substituents is 1. The van der Waals surface area contributed by atoms with E-state index in [0.29, 0.717) is 11.4 Å². The van der Waals surface area contributed by atoms with E-state index in [4.69, 9.17) is 0 Å². The molecular formula is C20H19N7O3. The standard InChI is InChI=1S/C20H19N7O3/c1-4-26(5-2)16-6-7-18(19(10-16)23-13(3)28)24-25-20-14(11-21)8-17(27(29)30)9-15(20)12-22/h6-10H,4-5H2,1-3H3,(H,23,28)/b25-24+. The van der Waals surface area contributed by atoms with E-state index in [1.807, 2.05) is 19.9 Å². The molecule has 1 N–H and O–H groups in total. The van der Waals surface area contributed by atoms with Gasteiger partial charge in [0, 0.05) is 37.8 Å². The number of amides is 1. The van der Waals surface area contributed by atoms with Crippen molar-refractivity contribution in [2.45, 2.75) is 20.8 Å². The van der Waals surface area contributed by atoms with Crippen molar-refractivity contribution in [1.29, 1.82) is 10.5 Å². The van der Waals surface area contributed by atoms with Crippen molar-refractivity contribution < 1.29 is 9.72 Å². The van der Waals surface area contributed by atoms with E-state index in [1.165, 1.54) is 6.92 Å². The van der Waals surface area contributed by atoms with Crippen LogP contribution in [0.5, 0.6) is 0 Å². The van der Waals surface area contributed by atoms with Crippen molar-refractivity contribution in [2.75, 3.05) is 23.3 Å². The summed E-state index contributed by atoms with van der Waals surface area (Å²) in [6, 6.07) is 10.9. The van der Waals surface area contributed by atoms with E-state index in [0.717, 1.165) is 30.9 Å². The van der Waals surface area contributed by atoms with Crippen LogP contribution in [0.25, 0.3) is 0 Å². The summed E-state index contributed by atoms with van der Waals surface area (Å²) in [7, 11) is 0. The topological polar surface area (TPSA) is 148 Å². The Morgan fingerprint density at radius 3 is 2.20 bits per heavy atom. The molecule has 0 saturated carbocycles. The molecule has 0 aliphatic heterocycles. The number of nitro groups is 1. The van der Waals surface area contributed by atoms with Gasteiger partial charge in [0.15, 0.2) is 0 Å². The third kappa shape index (κ3) is 4.94. The number of carbonyl (C=O) groups is 1. The number of anilines is 2. The summed E-state index contributed by atoms with van der Waals surface area (Å²) in [6.45, 7) is 6.93. The lowest BCUT2D eigenvalue weighted by Gasteiger charge is -2.22. The minimum absolute atomic E-state index is 0.0767. The van der Waals surface area contributed by atoms with Gasteiger partial charge in [-0.05, 0) is 32.0 Å². The minimum atomic E-state index is -0.691. The molecule has 2 aromatic carbocycles. The molecule has 10 nitrogen and oxygen atoms in total. The number of carbonyl (C=O) groups excluding carboxylic acids is 1. The van der Waals surface area contributed by atoms with Gasteiger partial charge < -0.3 is 10.2 Å². The predicted octanol–water partition coefficient (Wildman–Crippen LogP) is 4.56. The average Bonchev–Trinajstić information content (AvgIpc) is 2.72. The van der Waals surface area contributed by atoms with Gasteiger partial charge in [-0.25, -0.2) is 0 Å². The molecule has 0 aliphatic rings. The first-order chi connectivity index (χ1) is 14.3. The number of rotatable bonds is 7. The molecule has 30 heavy (non-hydrogen) atoms. The number of nitriles is 2. The summed E-state index contributed by atoms with van der Waals surface area (Å²) in [5, 5.41) is 40.4. The Morgan fingerprint density at radius 1 is 1.13 bits per heavy atom. The lowest BCUT2D eigenvalue weighted by atomic mass is 10.1. The van der Waals surface area contributed by atoms with Crippen LogP contribution in [0.4, 0.5) is 28.4 Å². The fraction of sp³-hybridized carbons (Fsp3) is 0.250. The fourth-order valence-electron chi connectivity index (χ4n) is 2.79. The third-order valence-corrected chi connectivity index (χ3v) is 4.22. The maximum Gasteiger partial charge on any atom is 0.272 e. The zero-order valence-electron chi connectivity index (χ0n) is 16.7. The smallest absolute Gasteiger partial charge is 0.272 e. The predicted molar refractivity (Wildman–Crippen MR) is 111 cm³/mol. The van der Waals surface area contributed by atoms with Crippen LogP contribution in [0.2, 0.25) is 0 Å². The first-order valence-corrected chi connectivity index (χ1v) is 9.05. The highest BCUT2D eigenvalue weighted by atomic mass is 16.6. The minimum Gasteiger partial charge on any atom is -0.372 e. The van der Waals surface area contributed by atoms with Crippen LogP contribution in [0.3, 0.4) is 0 Å². The summed E-state index contributed by atoms with van der Waals surface area (Å²) in [5.74, 6) is -0.297. The van der Waals surface area contributed by atoms with Crippen LogP contribution < -0.4 is 10.2 Å². The molecule has 0 bridgehead atoms. The number of nitrogens with one attached hydrogen (secondary N) is 1. The number of benzene rings is 2. The van der Waals surface area contributed by atoms with Crippen molar-refractivity contribution in [3.8, 4) is 12.1 Å². The number of hydrogen-bond acceptors (Lipinski definition) is 8. The third-order valence-electron chi connectivity index (χ3n) is 4.22.